The van der Waals surface area contributed by atoms with Crippen molar-refractivity contribution in [1.82, 2.24) is 4.98 Å². The number of aryl methyl sites for hydroxylation is 1. The van der Waals surface area contributed by atoms with Gasteiger partial charge < -0.3 is 10.1 Å². The molecule has 1 aromatic carbocycles. The molecule has 2 aromatic rings. The Morgan fingerprint density at radius 2 is 1.85 bits per heavy atom. The number of nitrogens with one attached hydrogen (secondary N) is 1. The zero-order valence-electron chi connectivity index (χ0n) is 12.2. The normalized spacial score (nSPS) is 10.3. The van der Waals surface area contributed by atoms with Crippen molar-refractivity contribution in [3.05, 3.63) is 48.2 Å². The van der Waals surface area contributed by atoms with Crippen LogP contribution in [0.5, 0.6) is 11.5 Å². The highest BCUT2D eigenvalue weighted by atomic mass is 16.5. The molecule has 0 amide bonds. The molecule has 2 rings (SSSR count). The molecule has 0 spiro atoms. The molecule has 0 saturated heterocycles. The Bertz CT molecular complexity index is 523. The van der Waals surface area contributed by atoms with Gasteiger partial charge in [-0.25, -0.2) is 4.98 Å². The second kappa shape index (κ2) is 7.53. The predicted molar refractivity (Wildman–Crippen MR) is 83.5 cm³/mol. The van der Waals surface area contributed by atoms with Gasteiger partial charge in [-0.1, -0.05) is 25.5 Å². The summed E-state index contributed by atoms with van der Waals surface area (Å²) in [5.41, 5.74) is 1.36. The SMILES string of the molecule is CCCCc1ccc(Oc2ccnc(NCC)c2)cc1. The van der Waals surface area contributed by atoms with Gasteiger partial charge in [0.25, 0.3) is 0 Å². The summed E-state index contributed by atoms with van der Waals surface area (Å²) in [5, 5.41) is 3.17. The first-order chi connectivity index (χ1) is 9.81. The summed E-state index contributed by atoms with van der Waals surface area (Å²) in [5.74, 6) is 2.50. The Kier molecular flexibility index (Phi) is 5.42. The van der Waals surface area contributed by atoms with Crippen molar-refractivity contribution < 1.29 is 4.74 Å². The molecule has 0 aliphatic rings. The standard InChI is InChI=1S/C17H22N2O/c1-3-5-6-14-7-9-15(10-8-14)20-16-11-12-19-17(13-16)18-4-2/h7-13H,3-6H2,1-2H3,(H,18,19). The summed E-state index contributed by atoms with van der Waals surface area (Å²) in [6.45, 7) is 5.11. The molecule has 0 bridgehead atoms. The monoisotopic (exact) mass is 270 g/mol. The van der Waals surface area contributed by atoms with Gasteiger partial charge in [-0.2, -0.15) is 0 Å². The summed E-state index contributed by atoms with van der Waals surface area (Å²) >= 11 is 0. The molecule has 0 aliphatic carbocycles. The maximum Gasteiger partial charge on any atom is 0.132 e. The molecule has 1 N–H and O–H groups in total. The van der Waals surface area contributed by atoms with Crippen molar-refractivity contribution in [2.75, 3.05) is 11.9 Å². The molecular weight excluding hydrogens is 248 g/mol. The molecule has 0 atom stereocenters. The number of nitrogens with zero attached hydrogens (tertiary/aromatic N) is 1. The fraction of sp³-hybridized carbons (Fsp3) is 0.353. The highest BCUT2D eigenvalue weighted by Crippen LogP contribution is 2.23. The molecule has 1 aromatic heterocycles. The van der Waals surface area contributed by atoms with Crippen LogP contribution in [0.25, 0.3) is 0 Å². The van der Waals surface area contributed by atoms with Gasteiger partial charge in [-0.3, -0.25) is 0 Å². The van der Waals surface area contributed by atoms with Crippen LogP contribution in [-0.4, -0.2) is 11.5 Å². The average molecular weight is 270 g/mol. The molecule has 0 fully saturated rings. The van der Waals surface area contributed by atoms with E-state index in [-0.39, 0.29) is 0 Å². The summed E-state index contributed by atoms with van der Waals surface area (Å²) in [7, 11) is 0. The highest BCUT2D eigenvalue weighted by Gasteiger charge is 2.00. The van der Waals surface area contributed by atoms with Crippen LogP contribution in [-0.2, 0) is 6.42 Å². The van der Waals surface area contributed by atoms with Gasteiger partial charge in [0.15, 0.2) is 0 Å². The molecule has 1 heterocycles. The quantitative estimate of drug-likeness (QED) is 0.795. The minimum absolute atomic E-state index is 0.803. The molecule has 106 valence electrons. The van der Waals surface area contributed by atoms with E-state index in [0.717, 1.165) is 30.3 Å². The van der Waals surface area contributed by atoms with E-state index in [2.05, 4.69) is 29.4 Å². The molecule has 0 aliphatic heterocycles. The number of hydrogen-bond acceptors (Lipinski definition) is 3. The van der Waals surface area contributed by atoms with Crippen molar-refractivity contribution in [2.24, 2.45) is 0 Å². The lowest BCUT2D eigenvalue weighted by atomic mass is 10.1. The Labute approximate surface area is 121 Å². The summed E-state index contributed by atoms with van der Waals surface area (Å²) in [6, 6.07) is 12.1. The molecule has 3 nitrogen and oxygen atoms in total. The van der Waals surface area contributed by atoms with Gasteiger partial charge in [-0.15, -0.1) is 0 Å². The van der Waals surface area contributed by atoms with E-state index in [1.165, 1.54) is 18.4 Å². The number of pyridine rings is 1. The van der Waals surface area contributed by atoms with Gasteiger partial charge in [-0.05, 0) is 43.5 Å². The van der Waals surface area contributed by atoms with Gasteiger partial charge in [0.2, 0.25) is 0 Å². The molecule has 20 heavy (non-hydrogen) atoms. The van der Waals surface area contributed by atoms with E-state index in [0.29, 0.717) is 0 Å². The topological polar surface area (TPSA) is 34.1 Å². The number of ether oxygens (including phenoxy) is 1. The number of anilines is 1. The third-order valence-electron chi connectivity index (χ3n) is 3.07. The Morgan fingerprint density at radius 3 is 2.55 bits per heavy atom. The van der Waals surface area contributed by atoms with Crippen LogP contribution in [0.1, 0.15) is 32.3 Å². The van der Waals surface area contributed by atoms with Gasteiger partial charge in [0, 0.05) is 18.8 Å². The van der Waals surface area contributed by atoms with Crippen molar-refractivity contribution in [3.8, 4) is 11.5 Å². The lowest BCUT2D eigenvalue weighted by Crippen LogP contribution is -1.98. The van der Waals surface area contributed by atoms with E-state index in [1.54, 1.807) is 6.20 Å². The maximum atomic E-state index is 5.84. The van der Waals surface area contributed by atoms with E-state index in [1.807, 2.05) is 31.2 Å². The largest absolute Gasteiger partial charge is 0.457 e. The average Bonchev–Trinajstić information content (AvgIpc) is 2.47. The van der Waals surface area contributed by atoms with Crippen LogP contribution in [0.4, 0.5) is 5.82 Å². The number of aromatic nitrogens is 1. The van der Waals surface area contributed by atoms with Crippen LogP contribution in [0, 0.1) is 0 Å². The molecule has 0 saturated carbocycles. The van der Waals surface area contributed by atoms with Crippen molar-refractivity contribution in [2.45, 2.75) is 33.1 Å². The van der Waals surface area contributed by atoms with E-state index in [4.69, 9.17) is 4.74 Å². The van der Waals surface area contributed by atoms with Crippen LogP contribution in [0.15, 0.2) is 42.6 Å². The molecular formula is C17H22N2O. The maximum absolute atomic E-state index is 5.84. The van der Waals surface area contributed by atoms with E-state index >= 15 is 0 Å². The Morgan fingerprint density at radius 1 is 1.05 bits per heavy atom. The minimum Gasteiger partial charge on any atom is -0.457 e. The lowest BCUT2D eigenvalue weighted by molar-refractivity contribution is 0.482. The first-order valence-corrected chi connectivity index (χ1v) is 7.28. The summed E-state index contributed by atoms with van der Waals surface area (Å²) < 4.78 is 5.84. The second-order valence-electron chi connectivity index (χ2n) is 4.76. The van der Waals surface area contributed by atoms with E-state index < -0.39 is 0 Å². The number of rotatable bonds is 7. The lowest BCUT2D eigenvalue weighted by Gasteiger charge is -2.08. The van der Waals surface area contributed by atoms with Crippen LogP contribution >= 0.6 is 0 Å². The van der Waals surface area contributed by atoms with Gasteiger partial charge in [0.05, 0.1) is 0 Å². The van der Waals surface area contributed by atoms with E-state index in [9.17, 15) is 0 Å². The van der Waals surface area contributed by atoms with Crippen LogP contribution in [0.2, 0.25) is 0 Å². The van der Waals surface area contributed by atoms with Crippen molar-refractivity contribution in [1.29, 1.82) is 0 Å². The number of benzene rings is 1. The van der Waals surface area contributed by atoms with Gasteiger partial charge >= 0.3 is 0 Å². The Balaban J connectivity index is 2.00. The summed E-state index contributed by atoms with van der Waals surface area (Å²) in [4.78, 5) is 4.23. The fourth-order valence-electron chi connectivity index (χ4n) is 1.99. The molecule has 3 heteroatoms. The first-order valence-electron chi connectivity index (χ1n) is 7.28. The van der Waals surface area contributed by atoms with Crippen molar-refractivity contribution >= 4 is 5.82 Å². The summed E-state index contributed by atoms with van der Waals surface area (Å²) in [6.07, 6.45) is 5.35. The Hall–Kier alpha value is -2.03. The smallest absolute Gasteiger partial charge is 0.132 e. The highest BCUT2D eigenvalue weighted by molar-refractivity contribution is 5.42. The van der Waals surface area contributed by atoms with Crippen LogP contribution < -0.4 is 10.1 Å². The zero-order valence-corrected chi connectivity index (χ0v) is 12.2. The first kappa shape index (κ1) is 14.4. The van der Waals surface area contributed by atoms with Crippen LogP contribution in [0.3, 0.4) is 0 Å². The van der Waals surface area contributed by atoms with Crippen molar-refractivity contribution in [3.63, 3.8) is 0 Å². The molecule has 0 radical (unpaired) electrons. The second-order valence-corrected chi connectivity index (χ2v) is 4.76. The number of unbranched alkanes of at least 4 members (excludes halogenated alkanes) is 1. The minimum atomic E-state index is 0.803. The molecule has 0 unspecified atom stereocenters. The van der Waals surface area contributed by atoms with Gasteiger partial charge in [0.1, 0.15) is 17.3 Å². The predicted octanol–water partition coefficient (Wildman–Crippen LogP) is 4.65. The third kappa shape index (κ3) is 4.26. The fourth-order valence-corrected chi connectivity index (χ4v) is 1.99. The third-order valence-corrected chi connectivity index (χ3v) is 3.07. The number of hydrogen-bond donors (Lipinski definition) is 1. The zero-order chi connectivity index (χ0) is 14.2.